The third kappa shape index (κ3) is 4.32. The number of halogens is 1. The summed E-state index contributed by atoms with van der Waals surface area (Å²) < 4.78 is 0. The van der Waals surface area contributed by atoms with Gasteiger partial charge < -0.3 is 5.11 Å². The molecule has 0 amide bonds. The summed E-state index contributed by atoms with van der Waals surface area (Å²) in [6.45, 7) is 0. The van der Waals surface area contributed by atoms with Gasteiger partial charge in [-0.2, -0.15) is 0 Å². The number of ketones is 1. The standard InChI is InChI=1S/C21H15ClO2S/c22-17-11-13-18(14-12-17)25-21(19(23)15-7-3-1-4-8-15)20(24)16-9-5-2-6-10-16/h1-14,23H. The average Bonchev–Trinajstić information content (AvgIpc) is 2.68. The summed E-state index contributed by atoms with van der Waals surface area (Å²) >= 11 is 7.15. The quantitative estimate of drug-likeness (QED) is 0.251. The van der Waals surface area contributed by atoms with E-state index in [1.165, 1.54) is 11.8 Å². The monoisotopic (exact) mass is 366 g/mol. The fraction of sp³-hybridized carbons (Fsp3) is 0. The smallest absolute Gasteiger partial charge is 0.203 e. The van der Waals surface area contributed by atoms with Crippen molar-refractivity contribution in [3.8, 4) is 0 Å². The van der Waals surface area contributed by atoms with Gasteiger partial charge in [-0.05, 0) is 24.3 Å². The fourth-order valence-electron chi connectivity index (χ4n) is 2.27. The van der Waals surface area contributed by atoms with Gasteiger partial charge in [0.15, 0.2) is 0 Å². The molecule has 0 aliphatic rings. The van der Waals surface area contributed by atoms with Gasteiger partial charge in [0.1, 0.15) is 10.7 Å². The van der Waals surface area contributed by atoms with Crippen LogP contribution in [0.25, 0.3) is 5.76 Å². The van der Waals surface area contributed by atoms with Crippen molar-refractivity contribution in [1.82, 2.24) is 0 Å². The third-order valence-corrected chi connectivity index (χ3v) is 4.88. The molecule has 3 rings (SSSR count). The largest absolute Gasteiger partial charge is 0.506 e. The van der Waals surface area contributed by atoms with Gasteiger partial charge in [0.05, 0.1) is 0 Å². The van der Waals surface area contributed by atoms with Gasteiger partial charge in [-0.15, -0.1) is 0 Å². The minimum Gasteiger partial charge on any atom is -0.506 e. The molecule has 0 spiro atoms. The zero-order chi connectivity index (χ0) is 17.6. The van der Waals surface area contributed by atoms with E-state index < -0.39 is 0 Å². The second-order valence-electron chi connectivity index (χ2n) is 5.29. The number of Topliss-reactive ketones (excluding diaryl/α,β-unsaturated/α-hetero) is 1. The van der Waals surface area contributed by atoms with Gasteiger partial charge >= 0.3 is 0 Å². The van der Waals surface area contributed by atoms with Gasteiger partial charge in [0.25, 0.3) is 0 Å². The molecule has 0 atom stereocenters. The predicted molar refractivity (Wildman–Crippen MR) is 104 cm³/mol. The van der Waals surface area contributed by atoms with Crippen LogP contribution in [0.5, 0.6) is 0 Å². The Kier molecular flexibility index (Phi) is 5.59. The highest BCUT2D eigenvalue weighted by Crippen LogP contribution is 2.34. The summed E-state index contributed by atoms with van der Waals surface area (Å²) in [4.78, 5) is 14.1. The third-order valence-electron chi connectivity index (χ3n) is 3.54. The van der Waals surface area contributed by atoms with E-state index in [4.69, 9.17) is 11.6 Å². The average molecular weight is 367 g/mol. The van der Waals surface area contributed by atoms with Crippen LogP contribution in [0.4, 0.5) is 0 Å². The van der Waals surface area contributed by atoms with Gasteiger partial charge in [-0.25, -0.2) is 0 Å². The Morgan fingerprint density at radius 3 is 1.84 bits per heavy atom. The first kappa shape index (κ1) is 17.3. The molecule has 0 bridgehead atoms. The Labute approximate surface area is 155 Å². The zero-order valence-corrected chi connectivity index (χ0v) is 14.8. The minimum absolute atomic E-state index is 0.0330. The van der Waals surface area contributed by atoms with Crippen molar-refractivity contribution in [2.24, 2.45) is 0 Å². The Bertz CT molecular complexity index is 888. The van der Waals surface area contributed by atoms with Crippen LogP contribution in [-0.4, -0.2) is 10.9 Å². The lowest BCUT2D eigenvalue weighted by molar-refractivity contribution is 0.104. The molecule has 0 aliphatic carbocycles. The van der Waals surface area contributed by atoms with E-state index in [2.05, 4.69) is 0 Å². The highest BCUT2D eigenvalue weighted by Gasteiger charge is 2.19. The first-order valence-corrected chi connectivity index (χ1v) is 8.86. The summed E-state index contributed by atoms with van der Waals surface area (Å²) in [6.07, 6.45) is 0. The van der Waals surface area contributed by atoms with E-state index in [0.29, 0.717) is 16.1 Å². The van der Waals surface area contributed by atoms with E-state index in [9.17, 15) is 9.90 Å². The number of benzene rings is 3. The van der Waals surface area contributed by atoms with Crippen molar-refractivity contribution in [1.29, 1.82) is 0 Å². The van der Waals surface area contributed by atoms with Crippen LogP contribution in [-0.2, 0) is 0 Å². The number of hydrogen-bond acceptors (Lipinski definition) is 3. The SMILES string of the molecule is O=C(C(Sc1ccc(Cl)cc1)=C(O)c1ccccc1)c1ccccc1. The molecule has 0 aromatic heterocycles. The summed E-state index contributed by atoms with van der Waals surface area (Å²) in [5.41, 5.74) is 1.13. The Morgan fingerprint density at radius 2 is 1.28 bits per heavy atom. The lowest BCUT2D eigenvalue weighted by Gasteiger charge is -2.11. The molecule has 0 fully saturated rings. The van der Waals surface area contributed by atoms with E-state index in [-0.39, 0.29) is 16.4 Å². The first-order valence-electron chi connectivity index (χ1n) is 7.67. The highest BCUT2D eigenvalue weighted by atomic mass is 35.5. The number of rotatable bonds is 5. The molecule has 0 radical (unpaired) electrons. The lowest BCUT2D eigenvalue weighted by atomic mass is 10.1. The van der Waals surface area contributed by atoms with Crippen molar-refractivity contribution < 1.29 is 9.90 Å². The number of allylic oxidation sites excluding steroid dienone is 1. The van der Waals surface area contributed by atoms with Gasteiger partial charge in [-0.1, -0.05) is 84.0 Å². The maximum Gasteiger partial charge on any atom is 0.203 e. The molecular formula is C21H15ClO2S. The minimum atomic E-state index is -0.220. The molecule has 25 heavy (non-hydrogen) atoms. The van der Waals surface area contributed by atoms with Crippen LogP contribution in [0, 0.1) is 0 Å². The molecule has 0 unspecified atom stereocenters. The summed E-state index contributed by atoms with van der Waals surface area (Å²) in [6, 6.07) is 25.2. The maximum atomic E-state index is 13.0. The van der Waals surface area contributed by atoms with Crippen molar-refractivity contribution in [2.75, 3.05) is 0 Å². The lowest BCUT2D eigenvalue weighted by Crippen LogP contribution is -2.04. The molecule has 3 aromatic rings. The molecule has 124 valence electrons. The van der Waals surface area contributed by atoms with Crippen LogP contribution in [0.3, 0.4) is 0 Å². The molecule has 4 heteroatoms. The van der Waals surface area contributed by atoms with Crippen LogP contribution in [0.15, 0.2) is 94.7 Å². The number of thioether (sulfide) groups is 1. The van der Waals surface area contributed by atoms with E-state index in [0.717, 1.165) is 4.90 Å². The maximum absolute atomic E-state index is 13.0. The van der Waals surface area contributed by atoms with E-state index in [1.807, 2.05) is 36.4 Å². The number of carbonyl (C=O) groups is 1. The molecule has 1 N–H and O–H groups in total. The van der Waals surface area contributed by atoms with Crippen molar-refractivity contribution in [3.63, 3.8) is 0 Å². The second kappa shape index (κ2) is 8.06. The van der Waals surface area contributed by atoms with Crippen molar-refractivity contribution >= 4 is 34.9 Å². The Morgan fingerprint density at radius 1 is 0.760 bits per heavy atom. The molecular weight excluding hydrogens is 352 g/mol. The summed E-state index contributed by atoms with van der Waals surface area (Å²) in [5.74, 6) is -0.253. The Hall–Kier alpha value is -2.49. The molecule has 0 saturated heterocycles. The van der Waals surface area contributed by atoms with Gasteiger partial charge in [-0.3, -0.25) is 4.79 Å². The number of aliphatic hydroxyl groups is 1. The number of aliphatic hydroxyl groups excluding tert-OH is 1. The topological polar surface area (TPSA) is 37.3 Å². The summed E-state index contributed by atoms with van der Waals surface area (Å²) in [5, 5.41) is 11.4. The summed E-state index contributed by atoms with van der Waals surface area (Å²) in [7, 11) is 0. The molecule has 3 aromatic carbocycles. The Balaban J connectivity index is 2.05. The van der Waals surface area contributed by atoms with Gasteiger partial charge in [0, 0.05) is 21.0 Å². The molecule has 0 saturated carbocycles. The van der Waals surface area contributed by atoms with Crippen LogP contribution in [0.1, 0.15) is 15.9 Å². The molecule has 0 aliphatic heterocycles. The normalized spacial score (nSPS) is 11.7. The first-order chi connectivity index (χ1) is 12.1. The van der Waals surface area contributed by atoms with Crippen LogP contribution < -0.4 is 0 Å². The molecule has 0 heterocycles. The molecule has 2 nitrogen and oxygen atoms in total. The van der Waals surface area contributed by atoms with Gasteiger partial charge in [0.2, 0.25) is 5.78 Å². The number of hydrogen-bond donors (Lipinski definition) is 1. The van der Waals surface area contributed by atoms with Crippen LogP contribution >= 0.6 is 23.4 Å². The predicted octanol–water partition coefficient (Wildman–Crippen LogP) is 6.24. The van der Waals surface area contributed by atoms with Crippen molar-refractivity contribution in [3.05, 3.63) is 106 Å². The van der Waals surface area contributed by atoms with Crippen molar-refractivity contribution in [2.45, 2.75) is 4.90 Å². The number of carbonyl (C=O) groups excluding carboxylic acids is 1. The zero-order valence-electron chi connectivity index (χ0n) is 13.2. The fourth-order valence-corrected chi connectivity index (χ4v) is 3.33. The highest BCUT2D eigenvalue weighted by molar-refractivity contribution is 8.04. The van der Waals surface area contributed by atoms with Crippen LogP contribution in [0.2, 0.25) is 5.02 Å². The van der Waals surface area contributed by atoms with E-state index in [1.54, 1.807) is 48.5 Å². The van der Waals surface area contributed by atoms with E-state index >= 15 is 0 Å². The second-order valence-corrected chi connectivity index (χ2v) is 6.82.